The lowest BCUT2D eigenvalue weighted by Gasteiger charge is -2.17. The third-order valence-corrected chi connectivity index (χ3v) is 5.84. The first kappa shape index (κ1) is 24.8. The van der Waals surface area contributed by atoms with Crippen molar-refractivity contribution >= 4 is 23.8 Å². The highest BCUT2D eigenvalue weighted by Gasteiger charge is 2.13. The van der Waals surface area contributed by atoms with Crippen molar-refractivity contribution in [3.05, 3.63) is 89.0 Å². The minimum absolute atomic E-state index is 0.226. The van der Waals surface area contributed by atoms with Crippen molar-refractivity contribution in [2.45, 2.75) is 26.4 Å². The van der Waals surface area contributed by atoms with E-state index in [2.05, 4.69) is 15.4 Å². The van der Waals surface area contributed by atoms with Crippen LogP contribution in [-0.4, -0.2) is 42.9 Å². The van der Waals surface area contributed by atoms with Gasteiger partial charge in [0.25, 0.3) is 5.91 Å². The Labute approximate surface area is 210 Å². The van der Waals surface area contributed by atoms with E-state index in [1.165, 1.54) is 12.8 Å². The normalized spacial score (nSPS) is 13.1. The molecule has 1 saturated heterocycles. The Hall–Kier alpha value is -4.33. The van der Waals surface area contributed by atoms with Crippen LogP contribution in [0.25, 0.3) is 0 Å². The molecule has 1 aliphatic rings. The van der Waals surface area contributed by atoms with Gasteiger partial charge in [0, 0.05) is 24.3 Å². The average Bonchev–Trinajstić information content (AvgIpc) is 3.44. The Kier molecular flexibility index (Phi) is 8.18. The maximum Gasteiger partial charge on any atom is 0.335 e. The molecular weight excluding hydrogens is 458 g/mol. The molecule has 4 rings (SSSR count). The van der Waals surface area contributed by atoms with E-state index in [0.29, 0.717) is 23.7 Å². The molecular formula is C28H29N3O5. The number of carbonyl (C=O) groups is 2. The van der Waals surface area contributed by atoms with Gasteiger partial charge in [0.1, 0.15) is 6.61 Å². The second-order valence-corrected chi connectivity index (χ2v) is 8.37. The molecule has 1 fully saturated rings. The van der Waals surface area contributed by atoms with Crippen molar-refractivity contribution in [3.63, 3.8) is 0 Å². The van der Waals surface area contributed by atoms with Crippen LogP contribution in [0.5, 0.6) is 11.5 Å². The van der Waals surface area contributed by atoms with Gasteiger partial charge in [-0.15, -0.1) is 0 Å². The summed E-state index contributed by atoms with van der Waals surface area (Å²) in [7, 11) is 0. The molecule has 186 valence electrons. The topological polar surface area (TPSA) is 100 Å². The lowest BCUT2D eigenvalue weighted by molar-refractivity contribution is 0.0696. The Balaban J connectivity index is 1.35. The fraction of sp³-hybridized carbons (Fsp3) is 0.250. The van der Waals surface area contributed by atoms with Crippen molar-refractivity contribution in [2.24, 2.45) is 5.10 Å². The molecule has 8 nitrogen and oxygen atoms in total. The minimum Gasteiger partial charge on any atom is -0.490 e. The van der Waals surface area contributed by atoms with Crippen LogP contribution < -0.4 is 19.8 Å². The number of rotatable bonds is 10. The zero-order valence-corrected chi connectivity index (χ0v) is 20.1. The van der Waals surface area contributed by atoms with Gasteiger partial charge in [-0.25, -0.2) is 10.2 Å². The van der Waals surface area contributed by atoms with Crippen molar-refractivity contribution < 1.29 is 24.2 Å². The van der Waals surface area contributed by atoms with E-state index in [-0.39, 0.29) is 18.1 Å². The summed E-state index contributed by atoms with van der Waals surface area (Å²) in [5.74, 6) is -0.144. The molecule has 8 heteroatoms. The van der Waals surface area contributed by atoms with Crippen LogP contribution in [0.3, 0.4) is 0 Å². The number of amides is 1. The highest BCUT2D eigenvalue weighted by atomic mass is 16.5. The molecule has 36 heavy (non-hydrogen) atoms. The fourth-order valence-electron chi connectivity index (χ4n) is 3.93. The molecule has 0 aliphatic carbocycles. The number of ether oxygens (including phenoxy) is 2. The molecule has 2 N–H and O–H groups in total. The number of aromatic carboxylic acids is 1. The summed E-state index contributed by atoms with van der Waals surface area (Å²) in [6.07, 6.45) is 3.96. The van der Waals surface area contributed by atoms with Gasteiger partial charge in [-0.3, -0.25) is 4.79 Å². The number of hydrogen-bond donors (Lipinski definition) is 2. The molecule has 0 radical (unpaired) electrons. The molecule has 0 saturated carbocycles. The molecule has 1 heterocycles. The van der Waals surface area contributed by atoms with E-state index in [1.54, 1.807) is 42.6 Å². The standard InChI is InChI=1S/C28H29N3O5/c1-2-35-26-17-21(7-14-25(26)36-19-20-5-8-23(9-6-20)28(33)34)18-29-30-27(32)22-10-12-24(13-11-22)31-15-3-4-16-31/h5-14,17-18H,2-4,15-16,19H2,1H3,(H,30,32)(H,33,34)/b29-18-. The van der Waals surface area contributed by atoms with E-state index in [9.17, 15) is 9.59 Å². The Morgan fingerprint density at radius 3 is 2.31 bits per heavy atom. The first-order chi connectivity index (χ1) is 17.5. The van der Waals surface area contributed by atoms with Crippen LogP contribution in [0.2, 0.25) is 0 Å². The van der Waals surface area contributed by atoms with Crippen molar-refractivity contribution in [1.29, 1.82) is 0 Å². The number of nitrogens with zero attached hydrogens (tertiary/aromatic N) is 2. The summed E-state index contributed by atoms with van der Waals surface area (Å²) in [6, 6.07) is 19.5. The lowest BCUT2D eigenvalue weighted by atomic mass is 10.1. The van der Waals surface area contributed by atoms with E-state index >= 15 is 0 Å². The van der Waals surface area contributed by atoms with Crippen LogP contribution >= 0.6 is 0 Å². The summed E-state index contributed by atoms with van der Waals surface area (Å²) in [5, 5.41) is 13.1. The Morgan fingerprint density at radius 2 is 1.64 bits per heavy atom. The first-order valence-electron chi connectivity index (χ1n) is 11.9. The Bertz CT molecular complexity index is 1220. The number of hydrazone groups is 1. The quantitative estimate of drug-likeness (QED) is 0.317. The largest absolute Gasteiger partial charge is 0.490 e. The summed E-state index contributed by atoms with van der Waals surface area (Å²) < 4.78 is 11.6. The lowest BCUT2D eigenvalue weighted by Crippen LogP contribution is -2.19. The number of benzene rings is 3. The van der Waals surface area contributed by atoms with Gasteiger partial charge in [0.2, 0.25) is 0 Å². The SMILES string of the molecule is CCOc1cc(/C=N\NC(=O)c2ccc(N3CCCC3)cc2)ccc1OCc1ccc(C(=O)O)cc1. The first-order valence-corrected chi connectivity index (χ1v) is 11.9. The number of hydrogen-bond acceptors (Lipinski definition) is 6. The number of nitrogens with one attached hydrogen (secondary N) is 1. The van der Waals surface area contributed by atoms with Gasteiger partial charge in [0.05, 0.1) is 18.4 Å². The fourth-order valence-corrected chi connectivity index (χ4v) is 3.93. The van der Waals surface area contributed by atoms with Gasteiger partial charge >= 0.3 is 5.97 Å². The molecule has 1 amide bonds. The second kappa shape index (κ2) is 11.9. The predicted octanol–water partition coefficient (Wildman–Crippen LogP) is 4.73. The van der Waals surface area contributed by atoms with Gasteiger partial charge in [-0.2, -0.15) is 5.10 Å². The van der Waals surface area contributed by atoms with Gasteiger partial charge in [-0.1, -0.05) is 12.1 Å². The van der Waals surface area contributed by atoms with Gasteiger partial charge in [0.15, 0.2) is 11.5 Å². The number of anilines is 1. The van der Waals surface area contributed by atoms with Crippen LogP contribution in [0.1, 0.15) is 51.6 Å². The van der Waals surface area contributed by atoms with E-state index in [4.69, 9.17) is 14.6 Å². The number of carbonyl (C=O) groups excluding carboxylic acids is 1. The average molecular weight is 488 g/mol. The van der Waals surface area contributed by atoms with E-state index in [1.807, 2.05) is 37.3 Å². The Morgan fingerprint density at radius 1 is 0.944 bits per heavy atom. The van der Waals surface area contributed by atoms with E-state index in [0.717, 1.165) is 29.9 Å². The highest BCUT2D eigenvalue weighted by Crippen LogP contribution is 2.29. The summed E-state index contributed by atoms with van der Waals surface area (Å²) >= 11 is 0. The molecule has 0 spiro atoms. The smallest absolute Gasteiger partial charge is 0.335 e. The van der Waals surface area contributed by atoms with Gasteiger partial charge in [-0.05, 0) is 85.5 Å². The zero-order chi connectivity index (χ0) is 25.3. The number of carboxylic acids is 1. The zero-order valence-electron chi connectivity index (χ0n) is 20.1. The van der Waals surface area contributed by atoms with Crippen LogP contribution in [-0.2, 0) is 6.61 Å². The molecule has 0 atom stereocenters. The highest BCUT2D eigenvalue weighted by molar-refractivity contribution is 5.95. The van der Waals surface area contributed by atoms with Crippen LogP contribution in [0.15, 0.2) is 71.8 Å². The third kappa shape index (κ3) is 6.41. The minimum atomic E-state index is -0.968. The molecule has 0 unspecified atom stereocenters. The monoisotopic (exact) mass is 487 g/mol. The molecule has 0 aromatic heterocycles. The van der Waals surface area contributed by atoms with Crippen LogP contribution in [0, 0.1) is 0 Å². The molecule has 1 aliphatic heterocycles. The van der Waals surface area contributed by atoms with Gasteiger partial charge < -0.3 is 19.5 Å². The molecule has 3 aromatic carbocycles. The number of carboxylic acid groups (broad SMARTS) is 1. The second-order valence-electron chi connectivity index (χ2n) is 8.37. The van der Waals surface area contributed by atoms with Crippen molar-refractivity contribution in [1.82, 2.24) is 5.43 Å². The molecule has 0 bridgehead atoms. The van der Waals surface area contributed by atoms with Crippen molar-refractivity contribution in [2.75, 3.05) is 24.6 Å². The molecule has 3 aromatic rings. The maximum atomic E-state index is 12.5. The maximum absolute atomic E-state index is 12.5. The summed E-state index contributed by atoms with van der Waals surface area (Å²) in [6.45, 7) is 4.71. The summed E-state index contributed by atoms with van der Waals surface area (Å²) in [5.41, 5.74) is 6.05. The summed E-state index contributed by atoms with van der Waals surface area (Å²) in [4.78, 5) is 25.8. The third-order valence-electron chi connectivity index (χ3n) is 5.84. The predicted molar refractivity (Wildman–Crippen MR) is 138 cm³/mol. The van der Waals surface area contributed by atoms with E-state index < -0.39 is 5.97 Å². The van der Waals surface area contributed by atoms with Crippen molar-refractivity contribution in [3.8, 4) is 11.5 Å². The van der Waals surface area contributed by atoms with Crippen LogP contribution in [0.4, 0.5) is 5.69 Å².